The summed E-state index contributed by atoms with van der Waals surface area (Å²) in [6.45, 7) is 4.21. The normalized spacial score (nSPS) is 11.7. The minimum absolute atomic E-state index is 0. The van der Waals surface area contributed by atoms with Crippen LogP contribution in [0.5, 0.6) is 0 Å². The number of hydrogen-bond donors (Lipinski definition) is 5. The molecule has 0 radical (unpaired) electrons. The summed E-state index contributed by atoms with van der Waals surface area (Å²) < 4.78 is 18.8. The first kappa shape index (κ1) is 23.0. The third-order valence-electron chi connectivity index (χ3n) is 1.11. The molecule has 0 saturated heterocycles. The lowest BCUT2D eigenvalue weighted by Crippen LogP contribution is -2.13. The van der Waals surface area contributed by atoms with E-state index < -0.39 is 39.9 Å². The Morgan fingerprint density at radius 1 is 1.47 bits per heavy atom. The number of carbonyl (C=O) groups is 2. The summed E-state index contributed by atoms with van der Waals surface area (Å²) in [6, 6.07) is 0. The van der Waals surface area contributed by atoms with E-state index in [1.54, 1.807) is 0 Å². The van der Waals surface area contributed by atoms with Gasteiger partial charge in [-0.2, -0.15) is 4.89 Å². The minimum Gasteiger partial charge on any atom is -0.567 e. The monoisotopic (exact) mass is 322 g/mol. The molecule has 2 unspecified atom stereocenters. The Hall–Kier alpha value is -1.15. The highest BCUT2D eigenvalue weighted by molar-refractivity contribution is 7.51. The van der Waals surface area contributed by atoms with Gasteiger partial charge in [-0.25, -0.2) is 4.79 Å². The second-order valence-electron chi connectivity index (χ2n) is 2.87. The fourth-order valence-electron chi connectivity index (χ4n) is 0.435. The highest BCUT2D eigenvalue weighted by Gasteiger charge is 2.22. The highest BCUT2D eigenvalue weighted by atomic mass is 31.2. The van der Waals surface area contributed by atoms with Crippen molar-refractivity contribution in [3.8, 4) is 0 Å². The Labute approximate surface area is 110 Å². The fraction of sp³-hybridized carbons (Fsp3) is 0.429. The molecule has 0 aliphatic rings. The Balaban J connectivity index is -0.000000108. The van der Waals surface area contributed by atoms with Gasteiger partial charge >= 0.3 is 27.8 Å². The van der Waals surface area contributed by atoms with Crippen LogP contribution in [-0.4, -0.2) is 43.0 Å². The van der Waals surface area contributed by atoms with Gasteiger partial charge in [0.25, 0.3) is 0 Å². The molecule has 0 aliphatic carbocycles. The van der Waals surface area contributed by atoms with E-state index in [9.17, 15) is 14.2 Å². The zero-order chi connectivity index (χ0) is 16.2. The van der Waals surface area contributed by atoms with Crippen LogP contribution < -0.4 is 4.89 Å². The van der Waals surface area contributed by atoms with Gasteiger partial charge < -0.3 is 24.9 Å². The van der Waals surface area contributed by atoms with Crippen molar-refractivity contribution in [1.82, 2.24) is 0 Å². The topological polar surface area (TPSA) is 192 Å². The summed E-state index contributed by atoms with van der Waals surface area (Å²) in [4.78, 5) is 51.5. The molecule has 0 aliphatic heterocycles. The van der Waals surface area contributed by atoms with Crippen molar-refractivity contribution in [2.45, 2.75) is 6.92 Å². The molecule has 12 heteroatoms. The van der Waals surface area contributed by atoms with E-state index in [4.69, 9.17) is 34.4 Å². The molecular weight excluding hydrogens is 306 g/mol. The predicted molar refractivity (Wildman–Crippen MR) is 63.5 cm³/mol. The average molecular weight is 322 g/mol. The van der Waals surface area contributed by atoms with Crippen LogP contribution in [0.2, 0.25) is 0 Å². The maximum absolute atomic E-state index is 10.2. The Kier molecular flexibility index (Phi) is 14.4. The van der Waals surface area contributed by atoms with E-state index in [-0.39, 0.29) is 1.43 Å². The lowest BCUT2D eigenvalue weighted by Gasteiger charge is -2.06. The zero-order valence-corrected chi connectivity index (χ0v) is 11.5. The first-order valence-electron chi connectivity index (χ1n) is 4.29. The van der Waals surface area contributed by atoms with Crippen molar-refractivity contribution in [3.05, 3.63) is 12.7 Å². The van der Waals surface area contributed by atoms with Crippen LogP contribution in [0.4, 0.5) is 0 Å². The van der Waals surface area contributed by atoms with Crippen LogP contribution in [0.1, 0.15) is 8.35 Å². The van der Waals surface area contributed by atoms with Crippen LogP contribution in [-0.2, 0) is 18.7 Å². The Morgan fingerprint density at radius 2 is 1.74 bits per heavy atom. The summed E-state index contributed by atoms with van der Waals surface area (Å²) in [5.41, 5.74) is 0. The van der Waals surface area contributed by atoms with Gasteiger partial charge in [0.15, 0.2) is 0 Å². The summed E-state index contributed by atoms with van der Waals surface area (Å²) in [7, 11) is -7.28. The van der Waals surface area contributed by atoms with Crippen LogP contribution in [0, 0.1) is 5.92 Å². The number of carboxylic acid groups (broad SMARTS) is 2. The number of aliphatic carboxylic acids is 2. The molecule has 19 heavy (non-hydrogen) atoms. The van der Waals surface area contributed by atoms with Gasteiger partial charge in [0.2, 0.25) is 0 Å². The smallest absolute Gasteiger partial charge is 0.485 e. The third kappa shape index (κ3) is 38.3. The standard InChI is InChI=1S/C4H9O5P.C3H4O2.HO3P.H2/c1-3(4(5)6)2-10(7,8)9;1-2-3(4)5;1-4(2)3;/h3H,2H2,1H3,(H,5,6)(H2,7,8,9);2H,1H2,(H,4,5);(H,1,2,3);1H. The molecule has 0 aromatic heterocycles. The summed E-state index contributed by atoms with van der Waals surface area (Å²) in [5.74, 6) is -3.16. The first-order chi connectivity index (χ1) is 8.33. The van der Waals surface area contributed by atoms with Crippen LogP contribution >= 0.6 is 15.9 Å². The Bertz CT molecular complexity index is 361. The number of hydrogen-bond acceptors (Lipinski definition) is 5. The van der Waals surface area contributed by atoms with Gasteiger partial charge in [-0.05, 0) is 4.57 Å². The molecule has 0 aromatic rings. The molecule has 0 rings (SSSR count). The quantitative estimate of drug-likeness (QED) is 0.329. The van der Waals surface area contributed by atoms with E-state index in [0.29, 0.717) is 0 Å². The second-order valence-corrected chi connectivity index (χ2v) is 5.04. The molecule has 0 amide bonds. The average Bonchev–Trinajstić information content (AvgIpc) is 2.14. The molecular formula is C7H16O10P2. The van der Waals surface area contributed by atoms with E-state index in [0.717, 1.165) is 6.08 Å². The molecule has 0 fully saturated rings. The molecule has 0 spiro atoms. The fourth-order valence-corrected chi connectivity index (χ4v) is 1.30. The van der Waals surface area contributed by atoms with Crippen LogP contribution in [0.15, 0.2) is 12.7 Å². The first-order valence-corrected chi connectivity index (χ1v) is 7.22. The third-order valence-corrected chi connectivity index (χ3v) is 2.13. The maximum Gasteiger partial charge on any atom is 0.485 e. The molecule has 0 heterocycles. The van der Waals surface area contributed by atoms with Crippen molar-refractivity contribution in [3.63, 3.8) is 0 Å². The largest absolute Gasteiger partial charge is 0.567 e. The van der Waals surface area contributed by atoms with E-state index in [2.05, 4.69) is 6.58 Å². The van der Waals surface area contributed by atoms with Crippen molar-refractivity contribution < 1.29 is 49.9 Å². The van der Waals surface area contributed by atoms with E-state index in [1.165, 1.54) is 6.92 Å². The maximum atomic E-state index is 10.2. The van der Waals surface area contributed by atoms with Gasteiger partial charge in [-0.15, -0.1) is 0 Å². The second kappa shape index (κ2) is 11.9. The molecule has 114 valence electrons. The molecule has 0 saturated carbocycles. The van der Waals surface area contributed by atoms with Gasteiger partial charge in [0, 0.05) is 7.50 Å². The predicted octanol–water partition coefficient (Wildman–Crippen LogP) is -0.616. The number of carboxylic acids is 2. The van der Waals surface area contributed by atoms with Crippen molar-refractivity contribution in [2.75, 3.05) is 6.16 Å². The Morgan fingerprint density at radius 3 is 1.79 bits per heavy atom. The number of rotatable bonds is 4. The van der Waals surface area contributed by atoms with Gasteiger partial charge in [0.05, 0.1) is 12.1 Å². The molecule has 10 nitrogen and oxygen atoms in total. The van der Waals surface area contributed by atoms with Crippen molar-refractivity contribution in [1.29, 1.82) is 0 Å². The molecule has 0 bridgehead atoms. The zero-order valence-electron chi connectivity index (χ0n) is 9.74. The lowest BCUT2D eigenvalue weighted by molar-refractivity contribution is -0.180. The minimum atomic E-state index is -4.16. The van der Waals surface area contributed by atoms with Gasteiger partial charge in [0.1, 0.15) is 0 Å². The van der Waals surface area contributed by atoms with E-state index in [1.807, 2.05) is 0 Å². The summed E-state index contributed by atoms with van der Waals surface area (Å²) in [5, 5.41) is 15.8. The SMILES string of the molecule is C=CC(=O)O.CC(CP(=O)(O)O)C(=O)O.O=[P+]([O-])O.[HH]. The van der Waals surface area contributed by atoms with Crippen molar-refractivity contribution >= 4 is 27.8 Å². The molecule has 2 atom stereocenters. The molecule has 0 aromatic carbocycles. The van der Waals surface area contributed by atoms with E-state index >= 15 is 0 Å². The van der Waals surface area contributed by atoms with Crippen molar-refractivity contribution in [2.24, 2.45) is 5.92 Å². The van der Waals surface area contributed by atoms with Crippen LogP contribution in [0.25, 0.3) is 0 Å². The lowest BCUT2D eigenvalue weighted by atomic mass is 10.2. The highest BCUT2D eigenvalue weighted by Crippen LogP contribution is 2.36. The van der Waals surface area contributed by atoms with Gasteiger partial charge in [-0.3, -0.25) is 9.36 Å². The summed E-state index contributed by atoms with van der Waals surface area (Å²) >= 11 is 0. The summed E-state index contributed by atoms with van der Waals surface area (Å²) in [6.07, 6.45) is 0.238. The van der Waals surface area contributed by atoms with Gasteiger partial charge in [-0.1, -0.05) is 13.5 Å². The molecule has 5 N–H and O–H groups in total. The van der Waals surface area contributed by atoms with Crippen LogP contribution in [0.3, 0.4) is 0 Å².